The molecule has 6 heteroatoms. The third-order valence-electron chi connectivity index (χ3n) is 2.37. The molecule has 0 atom stereocenters. The van der Waals surface area contributed by atoms with Crippen LogP contribution in [0.4, 0.5) is 10.1 Å². The first-order valence-corrected chi connectivity index (χ1v) is 7.26. The summed E-state index contributed by atoms with van der Waals surface area (Å²) in [7, 11) is 0. The van der Waals surface area contributed by atoms with Gasteiger partial charge in [-0.1, -0.05) is 22.0 Å². The summed E-state index contributed by atoms with van der Waals surface area (Å²) in [5.41, 5.74) is 0.674. The van der Waals surface area contributed by atoms with Crippen molar-refractivity contribution in [3.63, 3.8) is 0 Å². The van der Waals surface area contributed by atoms with Crippen molar-refractivity contribution in [2.24, 2.45) is 0 Å². The molecule has 0 fully saturated rings. The van der Waals surface area contributed by atoms with Gasteiger partial charge < -0.3 is 10.1 Å². The van der Waals surface area contributed by atoms with Gasteiger partial charge in [-0.25, -0.2) is 4.39 Å². The second kappa shape index (κ2) is 6.85. The Hall–Kier alpha value is -1.40. The molecule has 0 bridgehead atoms. The summed E-state index contributed by atoms with van der Waals surface area (Å²) in [5.74, 6) is -0.248. The Morgan fingerprint density at radius 1 is 1.20 bits per heavy atom. The number of hydrogen-bond acceptors (Lipinski definition) is 2. The van der Waals surface area contributed by atoms with Crippen LogP contribution in [0.3, 0.4) is 0 Å². The number of amides is 1. The minimum Gasteiger partial charge on any atom is -0.484 e. The predicted molar refractivity (Wildman–Crippen MR) is 82.4 cm³/mol. The van der Waals surface area contributed by atoms with Gasteiger partial charge in [0.25, 0.3) is 5.91 Å². The van der Waals surface area contributed by atoms with Gasteiger partial charge in [0.1, 0.15) is 11.6 Å². The largest absolute Gasteiger partial charge is 0.484 e. The summed E-state index contributed by atoms with van der Waals surface area (Å²) in [4.78, 5) is 11.7. The lowest BCUT2D eigenvalue weighted by atomic mass is 10.3. The minimum absolute atomic E-state index is 0.148. The Morgan fingerprint density at radius 3 is 2.70 bits per heavy atom. The number of ether oxygens (including phenoxy) is 1. The summed E-state index contributed by atoms with van der Waals surface area (Å²) in [6.45, 7) is -0.148. The van der Waals surface area contributed by atoms with E-state index in [1.165, 1.54) is 18.2 Å². The Bertz CT molecular complexity index is 634. The summed E-state index contributed by atoms with van der Waals surface area (Å²) in [6, 6.07) is 11.4. The average Bonchev–Trinajstić information content (AvgIpc) is 2.40. The van der Waals surface area contributed by atoms with Gasteiger partial charge in [-0.15, -0.1) is 0 Å². The third kappa shape index (κ3) is 4.31. The van der Waals surface area contributed by atoms with Crippen LogP contribution in [0.1, 0.15) is 0 Å². The molecule has 1 amide bonds. The highest BCUT2D eigenvalue weighted by Gasteiger charge is 2.06. The zero-order valence-electron chi connectivity index (χ0n) is 10.2. The van der Waals surface area contributed by atoms with Crippen LogP contribution in [0.5, 0.6) is 5.75 Å². The number of nitrogens with one attached hydrogen (secondary N) is 1. The molecule has 2 aromatic carbocycles. The second-order valence-electron chi connectivity index (χ2n) is 3.92. The van der Waals surface area contributed by atoms with Crippen LogP contribution in [0.2, 0.25) is 0 Å². The first kappa shape index (κ1) is 15.0. The van der Waals surface area contributed by atoms with Crippen molar-refractivity contribution in [1.29, 1.82) is 0 Å². The third-order valence-corrected chi connectivity index (χ3v) is 3.47. The number of hydrogen-bond donors (Lipinski definition) is 1. The van der Waals surface area contributed by atoms with Gasteiger partial charge in [0.15, 0.2) is 6.61 Å². The zero-order valence-corrected chi connectivity index (χ0v) is 13.4. The van der Waals surface area contributed by atoms with Gasteiger partial charge in [0.2, 0.25) is 0 Å². The van der Waals surface area contributed by atoms with Crippen molar-refractivity contribution < 1.29 is 13.9 Å². The molecule has 20 heavy (non-hydrogen) atoms. The zero-order chi connectivity index (χ0) is 14.5. The van der Waals surface area contributed by atoms with E-state index in [4.69, 9.17) is 4.74 Å². The average molecular weight is 403 g/mol. The van der Waals surface area contributed by atoms with Gasteiger partial charge in [-0.3, -0.25) is 4.79 Å². The van der Waals surface area contributed by atoms with E-state index in [9.17, 15) is 9.18 Å². The Morgan fingerprint density at radius 2 is 2.00 bits per heavy atom. The topological polar surface area (TPSA) is 38.3 Å². The summed E-state index contributed by atoms with van der Waals surface area (Å²) < 4.78 is 19.5. The highest BCUT2D eigenvalue weighted by Crippen LogP contribution is 2.21. The molecule has 0 heterocycles. The fraction of sp³-hybridized carbons (Fsp3) is 0.0714. The molecule has 0 saturated heterocycles. The van der Waals surface area contributed by atoms with Gasteiger partial charge in [-0.2, -0.15) is 0 Å². The molecule has 0 unspecified atom stereocenters. The van der Waals surface area contributed by atoms with E-state index < -0.39 is 0 Å². The molecule has 104 valence electrons. The van der Waals surface area contributed by atoms with E-state index in [1.807, 2.05) is 12.1 Å². The van der Waals surface area contributed by atoms with Crippen molar-refractivity contribution in [1.82, 2.24) is 0 Å². The lowest BCUT2D eigenvalue weighted by Gasteiger charge is -2.08. The maximum absolute atomic E-state index is 13.0. The first-order valence-electron chi connectivity index (χ1n) is 5.68. The van der Waals surface area contributed by atoms with Crippen molar-refractivity contribution in [2.45, 2.75) is 0 Å². The van der Waals surface area contributed by atoms with E-state index in [-0.39, 0.29) is 18.3 Å². The van der Waals surface area contributed by atoms with E-state index in [0.717, 1.165) is 4.47 Å². The Kier molecular flexibility index (Phi) is 5.14. The van der Waals surface area contributed by atoms with Crippen molar-refractivity contribution in [2.75, 3.05) is 11.9 Å². The second-order valence-corrected chi connectivity index (χ2v) is 5.69. The minimum atomic E-state index is -0.379. The number of rotatable bonds is 4. The summed E-state index contributed by atoms with van der Waals surface area (Å²) in [5, 5.41) is 2.70. The van der Waals surface area contributed by atoms with Crippen molar-refractivity contribution in [3.8, 4) is 5.75 Å². The summed E-state index contributed by atoms with van der Waals surface area (Å²) >= 11 is 6.37. The monoisotopic (exact) mass is 401 g/mol. The normalized spacial score (nSPS) is 10.2. The quantitative estimate of drug-likeness (QED) is 0.824. The Balaban J connectivity index is 1.90. The molecular formula is C14H10Br2FNO2. The number of benzene rings is 2. The van der Waals surface area contributed by atoms with Crippen LogP contribution in [0.15, 0.2) is 51.4 Å². The van der Waals surface area contributed by atoms with Crippen LogP contribution in [0, 0.1) is 5.82 Å². The number of carbonyl (C=O) groups is 1. The lowest BCUT2D eigenvalue weighted by Crippen LogP contribution is -2.20. The van der Waals surface area contributed by atoms with E-state index >= 15 is 0 Å². The van der Waals surface area contributed by atoms with Gasteiger partial charge >= 0.3 is 0 Å². The molecule has 0 aliphatic carbocycles. The highest BCUT2D eigenvalue weighted by molar-refractivity contribution is 9.10. The SMILES string of the molecule is O=C(COc1ccc(F)c(Br)c1)Nc1cccc(Br)c1. The van der Waals surface area contributed by atoms with Gasteiger partial charge in [0.05, 0.1) is 4.47 Å². The highest BCUT2D eigenvalue weighted by atomic mass is 79.9. The molecule has 0 radical (unpaired) electrons. The maximum atomic E-state index is 13.0. The number of carbonyl (C=O) groups excluding carboxylic acids is 1. The molecule has 0 spiro atoms. The van der Waals surface area contributed by atoms with Crippen LogP contribution in [-0.4, -0.2) is 12.5 Å². The molecule has 3 nitrogen and oxygen atoms in total. The van der Waals surface area contributed by atoms with Crippen LogP contribution >= 0.6 is 31.9 Å². The van der Waals surface area contributed by atoms with Crippen LogP contribution < -0.4 is 10.1 Å². The fourth-order valence-corrected chi connectivity index (χ4v) is 2.24. The fourth-order valence-electron chi connectivity index (χ4n) is 1.48. The van der Waals surface area contributed by atoms with Gasteiger partial charge in [0, 0.05) is 10.2 Å². The van der Waals surface area contributed by atoms with Crippen LogP contribution in [-0.2, 0) is 4.79 Å². The molecule has 0 aromatic heterocycles. The molecule has 2 rings (SSSR count). The van der Waals surface area contributed by atoms with E-state index in [1.54, 1.807) is 12.1 Å². The Labute approximate surface area is 132 Å². The van der Waals surface area contributed by atoms with Crippen LogP contribution in [0.25, 0.3) is 0 Å². The van der Waals surface area contributed by atoms with Crippen molar-refractivity contribution >= 4 is 43.5 Å². The van der Waals surface area contributed by atoms with E-state index in [2.05, 4.69) is 37.2 Å². The molecular weight excluding hydrogens is 393 g/mol. The molecule has 0 aliphatic rings. The predicted octanol–water partition coefficient (Wildman–Crippen LogP) is 4.37. The lowest BCUT2D eigenvalue weighted by molar-refractivity contribution is -0.118. The maximum Gasteiger partial charge on any atom is 0.262 e. The molecule has 0 aliphatic heterocycles. The molecule has 2 aromatic rings. The van der Waals surface area contributed by atoms with E-state index in [0.29, 0.717) is 15.9 Å². The molecule has 1 N–H and O–H groups in total. The number of halogens is 3. The standard InChI is InChI=1S/C14H10Br2FNO2/c15-9-2-1-3-10(6-9)18-14(19)8-20-11-4-5-13(17)12(16)7-11/h1-7H,8H2,(H,18,19). The molecule has 0 saturated carbocycles. The van der Waals surface area contributed by atoms with Gasteiger partial charge in [-0.05, 0) is 52.3 Å². The first-order chi connectivity index (χ1) is 9.54. The number of anilines is 1. The summed E-state index contributed by atoms with van der Waals surface area (Å²) in [6.07, 6.45) is 0. The smallest absolute Gasteiger partial charge is 0.262 e. The van der Waals surface area contributed by atoms with Crippen molar-refractivity contribution in [3.05, 3.63) is 57.2 Å².